The number of halogens is 1. The summed E-state index contributed by atoms with van der Waals surface area (Å²) in [5.74, 6) is -1.46. The molecule has 2 amide bonds. The Morgan fingerprint density at radius 3 is 2.09 bits per heavy atom. The van der Waals surface area contributed by atoms with E-state index in [1.807, 2.05) is 0 Å². The summed E-state index contributed by atoms with van der Waals surface area (Å²) in [7, 11) is -4.00. The van der Waals surface area contributed by atoms with Crippen molar-refractivity contribution in [3.05, 3.63) is 95.8 Å². The molecule has 0 aliphatic carbocycles. The highest BCUT2D eigenvalue weighted by molar-refractivity contribution is 7.89. The Morgan fingerprint density at radius 2 is 1.39 bits per heavy atom. The van der Waals surface area contributed by atoms with Crippen molar-refractivity contribution in [2.45, 2.75) is 4.90 Å². The summed E-state index contributed by atoms with van der Waals surface area (Å²) in [4.78, 5) is 26.9. The van der Waals surface area contributed by atoms with Crippen molar-refractivity contribution in [3.63, 3.8) is 0 Å². The SMILES string of the molecule is O=C(Nc1ccccc1C(=O)N1CCN(S(=O)(=O)c2ccccc2F)CC1)c1ccccc1. The zero-order valence-electron chi connectivity index (χ0n) is 17.6. The summed E-state index contributed by atoms with van der Waals surface area (Å²) in [6.45, 7) is 0.378. The standard InChI is InChI=1S/C24H22FN3O4S/c25-20-11-5-7-13-22(20)33(31,32)28-16-14-27(15-17-28)24(30)19-10-4-6-12-21(19)26-23(29)18-8-2-1-3-9-18/h1-13H,14-17H2,(H,26,29). The number of sulfonamides is 1. The molecule has 0 aromatic heterocycles. The second-order valence-corrected chi connectivity index (χ2v) is 9.40. The summed E-state index contributed by atoms with van der Waals surface area (Å²) in [5, 5.41) is 2.77. The van der Waals surface area contributed by atoms with Crippen molar-refractivity contribution in [2.75, 3.05) is 31.5 Å². The maximum absolute atomic E-state index is 14.0. The van der Waals surface area contributed by atoms with Gasteiger partial charge in [0.1, 0.15) is 10.7 Å². The lowest BCUT2D eigenvalue weighted by atomic mass is 10.1. The molecule has 170 valence electrons. The van der Waals surface area contributed by atoms with E-state index in [9.17, 15) is 22.4 Å². The van der Waals surface area contributed by atoms with Crippen LogP contribution in [0.1, 0.15) is 20.7 Å². The molecule has 3 aromatic carbocycles. The maximum atomic E-state index is 14.0. The summed E-state index contributed by atoms with van der Waals surface area (Å²) in [6.07, 6.45) is 0. The molecular formula is C24H22FN3O4S. The highest BCUT2D eigenvalue weighted by atomic mass is 32.2. The molecule has 0 spiro atoms. The first-order chi connectivity index (χ1) is 15.9. The highest BCUT2D eigenvalue weighted by Crippen LogP contribution is 2.23. The van der Waals surface area contributed by atoms with Crippen LogP contribution in [0.2, 0.25) is 0 Å². The minimum absolute atomic E-state index is 0.0426. The minimum atomic E-state index is -4.00. The molecule has 1 fully saturated rings. The van der Waals surface area contributed by atoms with Gasteiger partial charge in [0.05, 0.1) is 11.3 Å². The number of carbonyl (C=O) groups excluding carboxylic acids is 2. The number of hydrogen-bond acceptors (Lipinski definition) is 4. The lowest BCUT2D eigenvalue weighted by Crippen LogP contribution is -2.50. The van der Waals surface area contributed by atoms with Gasteiger partial charge in [-0.1, -0.05) is 42.5 Å². The summed E-state index contributed by atoms with van der Waals surface area (Å²) in [6, 6.07) is 20.6. The number of piperazine rings is 1. The topological polar surface area (TPSA) is 86.8 Å². The lowest BCUT2D eigenvalue weighted by molar-refractivity contribution is 0.0698. The normalized spacial score (nSPS) is 14.6. The molecule has 0 unspecified atom stereocenters. The Labute approximate surface area is 191 Å². The zero-order chi connectivity index (χ0) is 23.4. The van der Waals surface area contributed by atoms with Gasteiger partial charge >= 0.3 is 0 Å². The van der Waals surface area contributed by atoms with Gasteiger partial charge < -0.3 is 10.2 Å². The molecule has 1 N–H and O–H groups in total. The van der Waals surface area contributed by atoms with E-state index in [0.717, 1.165) is 6.07 Å². The molecule has 7 nitrogen and oxygen atoms in total. The Balaban J connectivity index is 1.46. The molecule has 9 heteroatoms. The molecule has 0 atom stereocenters. The summed E-state index contributed by atoms with van der Waals surface area (Å²) < 4.78 is 40.8. The number of nitrogens with zero attached hydrogens (tertiary/aromatic N) is 2. The number of anilines is 1. The smallest absolute Gasteiger partial charge is 0.256 e. The average Bonchev–Trinajstić information content (AvgIpc) is 2.85. The van der Waals surface area contributed by atoms with Gasteiger partial charge in [0, 0.05) is 31.7 Å². The number of nitrogens with one attached hydrogen (secondary N) is 1. The van der Waals surface area contributed by atoms with Crippen molar-refractivity contribution in [2.24, 2.45) is 0 Å². The van der Waals surface area contributed by atoms with Crippen LogP contribution >= 0.6 is 0 Å². The molecule has 0 bridgehead atoms. The third-order valence-electron chi connectivity index (χ3n) is 5.42. The number of para-hydroxylation sites is 1. The third-order valence-corrected chi connectivity index (χ3v) is 7.35. The van der Waals surface area contributed by atoms with E-state index in [0.29, 0.717) is 16.8 Å². The van der Waals surface area contributed by atoms with Gasteiger partial charge in [-0.05, 0) is 36.4 Å². The fraction of sp³-hybridized carbons (Fsp3) is 0.167. The van der Waals surface area contributed by atoms with E-state index >= 15 is 0 Å². The van der Waals surface area contributed by atoms with Crippen LogP contribution in [0.3, 0.4) is 0 Å². The van der Waals surface area contributed by atoms with Crippen molar-refractivity contribution in [1.29, 1.82) is 0 Å². The number of amides is 2. The molecule has 3 aromatic rings. The zero-order valence-corrected chi connectivity index (χ0v) is 18.5. The number of hydrogen-bond donors (Lipinski definition) is 1. The Morgan fingerprint density at radius 1 is 0.788 bits per heavy atom. The van der Waals surface area contributed by atoms with E-state index < -0.39 is 15.8 Å². The lowest BCUT2D eigenvalue weighted by Gasteiger charge is -2.34. The third kappa shape index (κ3) is 4.79. The molecule has 33 heavy (non-hydrogen) atoms. The first-order valence-electron chi connectivity index (χ1n) is 10.4. The second-order valence-electron chi connectivity index (χ2n) is 7.49. The molecule has 1 aliphatic heterocycles. The van der Waals surface area contributed by atoms with Crippen molar-refractivity contribution in [3.8, 4) is 0 Å². The van der Waals surface area contributed by atoms with Crippen LogP contribution in [-0.4, -0.2) is 55.6 Å². The van der Waals surface area contributed by atoms with E-state index in [1.165, 1.54) is 27.4 Å². The van der Waals surface area contributed by atoms with Gasteiger partial charge in [-0.15, -0.1) is 0 Å². The van der Waals surface area contributed by atoms with Gasteiger partial charge in [-0.2, -0.15) is 4.31 Å². The van der Waals surface area contributed by atoms with Gasteiger partial charge in [0.2, 0.25) is 10.0 Å². The fourth-order valence-corrected chi connectivity index (χ4v) is 5.14. The van der Waals surface area contributed by atoms with Crippen molar-refractivity contribution < 1.29 is 22.4 Å². The van der Waals surface area contributed by atoms with E-state index in [-0.39, 0.29) is 42.9 Å². The number of benzene rings is 3. The summed E-state index contributed by atoms with van der Waals surface area (Å²) in [5.41, 5.74) is 1.15. The van der Waals surface area contributed by atoms with Crippen molar-refractivity contribution >= 4 is 27.5 Å². The number of carbonyl (C=O) groups is 2. The van der Waals surface area contributed by atoms with Crippen LogP contribution in [0.25, 0.3) is 0 Å². The molecule has 1 heterocycles. The minimum Gasteiger partial charge on any atom is -0.336 e. The van der Waals surface area contributed by atoms with Crippen LogP contribution < -0.4 is 5.32 Å². The van der Waals surface area contributed by atoms with Gasteiger partial charge in [0.25, 0.3) is 11.8 Å². The highest BCUT2D eigenvalue weighted by Gasteiger charge is 2.32. The predicted octanol–water partition coefficient (Wildman–Crippen LogP) is 3.22. The first-order valence-corrected chi connectivity index (χ1v) is 11.8. The van der Waals surface area contributed by atoms with Crippen LogP contribution in [0.4, 0.5) is 10.1 Å². The van der Waals surface area contributed by atoms with E-state index in [2.05, 4.69) is 5.32 Å². The molecular weight excluding hydrogens is 445 g/mol. The van der Waals surface area contributed by atoms with Gasteiger partial charge in [-0.3, -0.25) is 9.59 Å². The Bertz CT molecular complexity index is 1270. The van der Waals surface area contributed by atoms with E-state index in [1.54, 1.807) is 54.6 Å². The molecule has 0 saturated carbocycles. The van der Waals surface area contributed by atoms with Gasteiger partial charge in [-0.25, -0.2) is 12.8 Å². The summed E-state index contributed by atoms with van der Waals surface area (Å²) >= 11 is 0. The molecule has 1 saturated heterocycles. The predicted molar refractivity (Wildman–Crippen MR) is 122 cm³/mol. The van der Waals surface area contributed by atoms with Crippen molar-refractivity contribution in [1.82, 2.24) is 9.21 Å². The molecule has 0 radical (unpaired) electrons. The molecule has 4 rings (SSSR count). The largest absolute Gasteiger partial charge is 0.336 e. The monoisotopic (exact) mass is 467 g/mol. The average molecular weight is 468 g/mol. The second kappa shape index (κ2) is 9.51. The maximum Gasteiger partial charge on any atom is 0.256 e. The van der Waals surface area contributed by atoms with E-state index in [4.69, 9.17) is 0 Å². The quantitative estimate of drug-likeness (QED) is 0.624. The number of rotatable bonds is 5. The molecule has 1 aliphatic rings. The van der Waals surface area contributed by atoms with Gasteiger partial charge in [0.15, 0.2) is 0 Å². The van der Waals surface area contributed by atoms with Crippen LogP contribution in [-0.2, 0) is 10.0 Å². The Kier molecular flexibility index (Phi) is 6.52. The van der Waals surface area contributed by atoms with Crippen LogP contribution in [0.15, 0.2) is 83.8 Å². The Hall–Kier alpha value is -3.56. The van der Waals surface area contributed by atoms with Crippen LogP contribution in [0, 0.1) is 5.82 Å². The first kappa shape index (κ1) is 22.6. The fourth-order valence-electron chi connectivity index (χ4n) is 3.66. The van der Waals surface area contributed by atoms with Crippen LogP contribution in [0.5, 0.6) is 0 Å².